The molecule has 1 atom stereocenters. The van der Waals surface area contributed by atoms with Gasteiger partial charge in [-0.2, -0.15) is 0 Å². The second-order valence-electron chi connectivity index (χ2n) is 3.63. The first-order valence-electron chi connectivity index (χ1n) is 4.83. The van der Waals surface area contributed by atoms with E-state index in [0.29, 0.717) is 0 Å². The Hall–Kier alpha value is -0.850. The highest BCUT2D eigenvalue weighted by atomic mass is 14.7. The number of rotatable bonds is 1. The molecule has 0 radical (unpaired) electrons. The molecule has 1 aliphatic rings. The molecule has 0 aliphatic heterocycles. The van der Waals surface area contributed by atoms with Crippen molar-refractivity contribution in [2.75, 3.05) is 0 Å². The molecule has 0 amide bonds. The van der Waals surface area contributed by atoms with E-state index in [0.717, 1.165) is 5.92 Å². The third kappa shape index (κ3) is 1.36. The van der Waals surface area contributed by atoms with Crippen molar-refractivity contribution >= 4 is 0 Å². The van der Waals surface area contributed by atoms with Crippen molar-refractivity contribution < 1.29 is 0 Å². The fraction of sp³-hybridized carbons (Fsp3) is 0.545. The average Bonchev–Trinajstić information content (AvgIpc) is 2.17. The van der Waals surface area contributed by atoms with Crippen molar-refractivity contribution in [3.63, 3.8) is 0 Å². The van der Waals surface area contributed by atoms with Crippen molar-refractivity contribution in [1.82, 2.24) is 4.98 Å². The maximum Gasteiger partial charge on any atom is 0.0438 e. The summed E-state index contributed by atoms with van der Waals surface area (Å²) in [7, 11) is 0. The zero-order valence-electron chi connectivity index (χ0n) is 7.59. The molecule has 1 heterocycles. The SMILES string of the molecule is CCC1CCc2cccnc2C1. The molecule has 1 nitrogen and oxygen atoms in total. The molecule has 1 aliphatic carbocycles. The molecule has 12 heavy (non-hydrogen) atoms. The standard InChI is InChI=1S/C11H15N/c1-2-9-5-6-10-4-3-7-12-11(10)8-9/h3-4,7,9H,2,5-6,8H2,1H3. The van der Waals surface area contributed by atoms with Crippen LogP contribution in [0.5, 0.6) is 0 Å². The van der Waals surface area contributed by atoms with Crippen LogP contribution in [0.1, 0.15) is 31.0 Å². The van der Waals surface area contributed by atoms with Crippen molar-refractivity contribution in [1.29, 1.82) is 0 Å². The van der Waals surface area contributed by atoms with Crippen LogP contribution in [0.2, 0.25) is 0 Å². The van der Waals surface area contributed by atoms with E-state index in [1.807, 2.05) is 12.3 Å². The van der Waals surface area contributed by atoms with Gasteiger partial charge in [-0.05, 0) is 36.8 Å². The summed E-state index contributed by atoms with van der Waals surface area (Å²) < 4.78 is 0. The number of aromatic nitrogens is 1. The first-order valence-corrected chi connectivity index (χ1v) is 4.83. The Bertz CT molecular complexity index is 267. The molecule has 1 aromatic rings. The van der Waals surface area contributed by atoms with Crippen LogP contribution in [0.15, 0.2) is 18.3 Å². The summed E-state index contributed by atoms with van der Waals surface area (Å²) in [6.45, 7) is 2.28. The van der Waals surface area contributed by atoms with E-state index >= 15 is 0 Å². The number of fused-ring (bicyclic) bond motifs is 1. The molecule has 0 bridgehead atoms. The van der Waals surface area contributed by atoms with Crippen LogP contribution in [-0.2, 0) is 12.8 Å². The molecule has 0 fully saturated rings. The molecule has 1 unspecified atom stereocenters. The zero-order chi connectivity index (χ0) is 8.39. The van der Waals surface area contributed by atoms with E-state index < -0.39 is 0 Å². The third-order valence-electron chi connectivity index (χ3n) is 2.87. The van der Waals surface area contributed by atoms with Gasteiger partial charge in [0.25, 0.3) is 0 Å². The lowest BCUT2D eigenvalue weighted by molar-refractivity contribution is 0.438. The maximum absolute atomic E-state index is 4.42. The lowest BCUT2D eigenvalue weighted by Gasteiger charge is -2.21. The predicted molar refractivity (Wildman–Crippen MR) is 50.0 cm³/mol. The minimum absolute atomic E-state index is 0.882. The second kappa shape index (κ2) is 3.26. The molecule has 0 saturated heterocycles. The number of hydrogen-bond acceptors (Lipinski definition) is 1. The van der Waals surface area contributed by atoms with Crippen LogP contribution in [-0.4, -0.2) is 4.98 Å². The first-order chi connectivity index (χ1) is 5.90. The van der Waals surface area contributed by atoms with Gasteiger partial charge in [0.05, 0.1) is 0 Å². The van der Waals surface area contributed by atoms with Gasteiger partial charge in [-0.25, -0.2) is 0 Å². The smallest absolute Gasteiger partial charge is 0.0438 e. The van der Waals surface area contributed by atoms with Gasteiger partial charge in [0, 0.05) is 11.9 Å². The number of pyridine rings is 1. The summed E-state index contributed by atoms with van der Waals surface area (Å²) in [6.07, 6.45) is 7.01. The van der Waals surface area contributed by atoms with Crippen LogP contribution in [0.4, 0.5) is 0 Å². The Morgan fingerprint density at radius 2 is 2.50 bits per heavy atom. The molecular weight excluding hydrogens is 146 g/mol. The maximum atomic E-state index is 4.42. The van der Waals surface area contributed by atoms with E-state index in [2.05, 4.69) is 18.0 Å². The summed E-state index contributed by atoms with van der Waals surface area (Å²) >= 11 is 0. The summed E-state index contributed by atoms with van der Waals surface area (Å²) in [5.41, 5.74) is 2.82. The molecule has 0 N–H and O–H groups in total. The third-order valence-corrected chi connectivity index (χ3v) is 2.87. The second-order valence-corrected chi connectivity index (χ2v) is 3.63. The quantitative estimate of drug-likeness (QED) is 0.617. The zero-order valence-corrected chi connectivity index (χ0v) is 7.59. The van der Waals surface area contributed by atoms with E-state index in [9.17, 15) is 0 Å². The Kier molecular flexibility index (Phi) is 2.11. The van der Waals surface area contributed by atoms with Gasteiger partial charge in [0.2, 0.25) is 0 Å². The van der Waals surface area contributed by atoms with Crippen LogP contribution in [0, 0.1) is 5.92 Å². The number of nitrogens with zero attached hydrogens (tertiary/aromatic N) is 1. The minimum atomic E-state index is 0.882. The highest BCUT2D eigenvalue weighted by Crippen LogP contribution is 2.25. The Morgan fingerprint density at radius 3 is 3.33 bits per heavy atom. The van der Waals surface area contributed by atoms with Crippen LogP contribution in [0.3, 0.4) is 0 Å². The van der Waals surface area contributed by atoms with Crippen LogP contribution in [0.25, 0.3) is 0 Å². The molecular formula is C11H15N. The summed E-state index contributed by atoms with van der Waals surface area (Å²) in [4.78, 5) is 4.42. The lowest BCUT2D eigenvalue weighted by atomic mass is 9.85. The Balaban J connectivity index is 2.23. The summed E-state index contributed by atoms with van der Waals surface area (Å²) in [6, 6.07) is 4.26. The van der Waals surface area contributed by atoms with E-state index in [-0.39, 0.29) is 0 Å². The van der Waals surface area contributed by atoms with E-state index in [1.54, 1.807) is 0 Å². The molecule has 1 aromatic heterocycles. The van der Waals surface area contributed by atoms with E-state index in [4.69, 9.17) is 0 Å². The van der Waals surface area contributed by atoms with E-state index in [1.165, 1.54) is 36.9 Å². The highest BCUT2D eigenvalue weighted by molar-refractivity contribution is 5.22. The number of hydrogen-bond donors (Lipinski definition) is 0. The Morgan fingerprint density at radius 1 is 1.58 bits per heavy atom. The van der Waals surface area contributed by atoms with Gasteiger partial charge >= 0.3 is 0 Å². The summed E-state index contributed by atoms with van der Waals surface area (Å²) in [5, 5.41) is 0. The average molecular weight is 161 g/mol. The van der Waals surface area contributed by atoms with Gasteiger partial charge in [-0.3, -0.25) is 4.98 Å². The normalized spacial score (nSPS) is 21.9. The monoisotopic (exact) mass is 161 g/mol. The molecule has 64 valence electrons. The minimum Gasteiger partial charge on any atom is -0.261 e. The Labute approximate surface area is 73.8 Å². The lowest BCUT2D eigenvalue weighted by Crippen LogP contribution is -2.14. The molecule has 0 spiro atoms. The van der Waals surface area contributed by atoms with Crippen molar-refractivity contribution in [2.24, 2.45) is 5.92 Å². The van der Waals surface area contributed by atoms with Crippen molar-refractivity contribution in [3.05, 3.63) is 29.6 Å². The van der Waals surface area contributed by atoms with Crippen LogP contribution < -0.4 is 0 Å². The first kappa shape index (κ1) is 7.78. The topological polar surface area (TPSA) is 12.9 Å². The van der Waals surface area contributed by atoms with Gasteiger partial charge in [0.15, 0.2) is 0 Å². The predicted octanol–water partition coefficient (Wildman–Crippen LogP) is 2.60. The van der Waals surface area contributed by atoms with Crippen molar-refractivity contribution in [2.45, 2.75) is 32.6 Å². The fourth-order valence-electron chi connectivity index (χ4n) is 1.97. The van der Waals surface area contributed by atoms with Gasteiger partial charge < -0.3 is 0 Å². The van der Waals surface area contributed by atoms with Gasteiger partial charge in [-0.1, -0.05) is 19.4 Å². The van der Waals surface area contributed by atoms with Crippen molar-refractivity contribution in [3.8, 4) is 0 Å². The molecule has 0 saturated carbocycles. The largest absolute Gasteiger partial charge is 0.261 e. The van der Waals surface area contributed by atoms with Crippen LogP contribution >= 0.6 is 0 Å². The fourth-order valence-corrected chi connectivity index (χ4v) is 1.97. The molecule has 2 rings (SSSR count). The summed E-state index contributed by atoms with van der Waals surface area (Å²) in [5.74, 6) is 0.882. The molecule has 0 aromatic carbocycles. The highest BCUT2D eigenvalue weighted by Gasteiger charge is 2.16. The number of aryl methyl sites for hydroxylation is 1. The van der Waals surface area contributed by atoms with Gasteiger partial charge in [-0.15, -0.1) is 0 Å². The molecule has 1 heteroatoms. The van der Waals surface area contributed by atoms with Gasteiger partial charge in [0.1, 0.15) is 0 Å².